The first-order chi connectivity index (χ1) is 10.5. The van der Waals surface area contributed by atoms with Crippen molar-refractivity contribution in [2.24, 2.45) is 0 Å². The molecule has 0 aliphatic carbocycles. The normalized spacial score (nSPS) is 18.9. The predicted octanol–water partition coefficient (Wildman–Crippen LogP) is 3.17. The second-order valence-electron chi connectivity index (χ2n) is 5.28. The largest absolute Gasteiger partial charge is 0.465 e. The molecule has 0 radical (unpaired) electrons. The van der Waals surface area contributed by atoms with Gasteiger partial charge in [-0.15, -0.1) is 0 Å². The van der Waals surface area contributed by atoms with Crippen molar-refractivity contribution in [1.82, 2.24) is 4.90 Å². The molecule has 7 heteroatoms. The third-order valence-corrected chi connectivity index (χ3v) is 4.08. The molecule has 0 bridgehead atoms. The van der Waals surface area contributed by atoms with Crippen molar-refractivity contribution in [1.29, 1.82) is 0 Å². The Bertz CT molecular complexity index is 564. The van der Waals surface area contributed by atoms with E-state index in [1.54, 1.807) is 13.0 Å². The fourth-order valence-corrected chi connectivity index (χ4v) is 2.90. The molecule has 1 heterocycles. The number of ether oxygens (including phenoxy) is 1. The van der Waals surface area contributed by atoms with E-state index < -0.39 is 4.92 Å². The molecule has 1 aliphatic heterocycles. The molecule has 1 aromatic carbocycles. The average Bonchev–Trinajstić information content (AvgIpc) is 2.49. The van der Waals surface area contributed by atoms with Crippen molar-refractivity contribution in [3.63, 3.8) is 0 Å². The van der Waals surface area contributed by atoms with Crippen molar-refractivity contribution in [2.45, 2.75) is 38.8 Å². The summed E-state index contributed by atoms with van der Waals surface area (Å²) in [6.07, 6.45) is 2.75. The molecule has 22 heavy (non-hydrogen) atoms. The second-order valence-corrected chi connectivity index (χ2v) is 5.68. The van der Waals surface area contributed by atoms with Crippen LogP contribution in [0.5, 0.6) is 0 Å². The number of nitro groups is 1. The fraction of sp³-hybridized carbons (Fsp3) is 0.533. The highest BCUT2D eigenvalue weighted by molar-refractivity contribution is 6.32. The van der Waals surface area contributed by atoms with E-state index in [1.165, 1.54) is 12.1 Å². The minimum absolute atomic E-state index is 0.108. The zero-order chi connectivity index (χ0) is 16.1. The highest BCUT2D eigenvalue weighted by Crippen LogP contribution is 2.27. The molecule has 1 saturated heterocycles. The van der Waals surface area contributed by atoms with Crippen LogP contribution in [0.1, 0.15) is 31.7 Å². The third-order valence-electron chi connectivity index (χ3n) is 3.77. The standard InChI is InChI=1S/C15H19ClN2O4/c1-2-22-15(19)13-5-3-4-8-17(13)10-11-6-7-12(16)14(9-11)18(20)21/h6-7,9,13H,2-5,8,10H2,1H3/t13-/m1/s1. The van der Waals surface area contributed by atoms with Gasteiger partial charge in [-0.05, 0) is 37.9 Å². The van der Waals surface area contributed by atoms with Gasteiger partial charge in [-0.25, -0.2) is 0 Å². The Balaban J connectivity index is 2.15. The topological polar surface area (TPSA) is 72.7 Å². The van der Waals surface area contributed by atoms with Gasteiger partial charge in [0.15, 0.2) is 0 Å². The lowest BCUT2D eigenvalue weighted by Gasteiger charge is -2.33. The number of rotatable bonds is 5. The number of hydrogen-bond acceptors (Lipinski definition) is 5. The van der Waals surface area contributed by atoms with Crippen LogP contribution in [-0.4, -0.2) is 35.0 Å². The van der Waals surface area contributed by atoms with Gasteiger partial charge in [0, 0.05) is 12.6 Å². The number of benzene rings is 1. The predicted molar refractivity (Wildman–Crippen MR) is 82.8 cm³/mol. The van der Waals surface area contributed by atoms with Crippen LogP contribution in [0.25, 0.3) is 0 Å². The van der Waals surface area contributed by atoms with E-state index in [-0.39, 0.29) is 22.7 Å². The van der Waals surface area contributed by atoms with E-state index in [4.69, 9.17) is 16.3 Å². The minimum Gasteiger partial charge on any atom is -0.465 e. The Morgan fingerprint density at radius 1 is 1.50 bits per heavy atom. The van der Waals surface area contributed by atoms with Crippen molar-refractivity contribution < 1.29 is 14.5 Å². The Labute approximate surface area is 134 Å². The molecule has 120 valence electrons. The maximum Gasteiger partial charge on any atom is 0.323 e. The lowest BCUT2D eigenvalue weighted by molar-refractivity contribution is -0.384. The minimum atomic E-state index is -0.495. The number of piperidine rings is 1. The summed E-state index contributed by atoms with van der Waals surface area (Å²) < 4.78 is 5.12. The third kappa shape index (κ3) is 3.96. The van der Waals surface area contributed by atoms with Gasteiger partial charge in [0.05, 0.1) is 11.5 Å². The Morgan fingerprint density at radius 2 is 2.27 bits per heavy atom. The van der Waals surface area contributed by atoms with Crippen LogP contribution in [0.2, 0.25) is 5.02 Å². The van der Waals surface area contributed by atoms with Crippen molar-refractivity contribution in [3.05, 3.63) is 38.9 Å². The van der Waals surface area contributed by atoms with E-state index in [0.717, 1.165) is 31.4 Å². The molecule has 1 atom stereocenters. The van der Waals surface area contributed by atoms with Gasteiger partial charge in [0.25, 0.3) is 5.69 Å². The van der Waals surface area contributed by atoms with Gasteiger partial charge in [-0.2, -0.15) is 0 Å². The molecule has 0 N–H and O–H groups in total. The summed E-state index contributed by atoms with van der Waals surface area (Å²) in [4.78, 5) is 24.5. The van der Waals surface area contributed by atoms with Crippen LogP contribution < -0.4 is 0 Å². The summed E-state index contributed by atoms with van der Waals surface area (Å²) in [6.45, 7) is 3.39. The summed E-state index contributed by atoms with van der Waals surface area (Å²) in [5.41, 5.74) is 0.663. The van der Waals surface area contributed by atoms with Gasteiger partial charge in [0.2, 0.25) is 0 Å². The summed E-state index contributed by atoms with van der Waals surface area (Å²) >= 11 is 5.82. The monoisotopic (exact) mass is 326 g/mol. The number of carbonyl (C=O) groups excluding carboxylic acids is 1. The van der Waals surface area contributed by atoms with Gasteiger partial charge < -0.3 is 4.74 Å². The first kappa shape index (κ1) is 16.7. The first-order valence-corrected chi connectivity index (χ1v) is 7.74. The SMILES string of the molecule is CCOC(=O)[C@H]1CCCCN1Cc1ccc(Cl)c([N+](=O)[O-])c1. The molecule has 1 aromatic rings. The molecule has 0 unspecified atom stereocenters. The second kappa shape index (κ2) is 7.56. The van der Waals surface area contributed by atoms with E-state index in [0.29, 0.717) is 13.2 Å². The number of nitrogens with zero attached hydrogens (tertiary/aromatic N) is 2. The zero-order valence-corrected chi connectivity index (χ0v) is 13.2. The number of halogens is 1. The fourth-order valence-electron chi connectivity index (χ4n) is 2.72. The number of carbonyl (C=O) groups is 1. The van der Waals surface area contributed by atoms with E-state index in [1.807, 2.05) is 4.90 Å². The van der Waals surface area contributed by atoms with E-state index >= 15 is 0 Å². The summed E-state index contributed by atoms with van der Waals surface area (Å²) in [6, 6.07) is 4.48. The number of nitro benzene ring substituents is 1. The van der Waals surface area contributed by atoms with Crippen LogP contribution in [0.4, 0.5) is 5.69 Å². The van der Waals surface area contributed by atoms with Crippen LogP contribution in [0.15, 0.2) is 18.2 Å². The molecule has 6 nitrogen and oxygen atoms in total. The molecular weight excluding hydrogens is 308 g/mol. The Morgan fingerprint density at radius 3 is 2.95 bits per heavy atom. The Hall–Kier alpha value is -1.66. The molecule has 0 saturated carbocycles. The number of likely N-dealkylation sites (tertiary alicyclic amines) is 1. The lowest BCUT2D eigenvalue weighted by atomic mass is 10.0. The van der Waals surface area contributed by atoms with E-state index in [2.05, 4.69) is 0 Å². The van der Waals surface area contributed by atoms with Gasteiger partial charge in [-0.1, -0.05) is 24.1 Å². The number of hydrogen-bond donors (Lipinski definition) is 0. The molecular formula is C15H19ClN2O4. The molecule has 0 aromatic heterocycles. The van der Waals surface area contributed by atoms with Crippen molar-refractivity contribution in [3.8, 4) is 0 Å². The maximum absolute atomic E-state index is 12.0. The summed E-state index contributed by atoms with van der Waals surface area (Å²) in [5.74, 6) is -0.217. The van der Waals surface area contributed by atoms with Crippen molar-refractivity contribution in [2.75, 3.05) is 13.2 Å². The van der Waals surface area contributed by atoms with Crippen LogP contribution in [0.3, 0.4) is 0 Å². The van der Waals surface area contributed by atoms with Crippen LogP contribution >= 0.6 is 11.6 Å². The van der Waals surface area contributed by atoms with Crippen LogP contribution in [-0.2, 0) is 16.1 Å². The van der Waals surface area contributed by atoms with Gasteiger partial charge >= 0.3 is 5.97 Å². The van der Waals surface area contributed by atoms with Crippen LogP contribution in [0, 0.1) is 10.1 Å². The molecule has 1 fully saturated rings. The lowest BCUT2D eigenvalue weighted by Crippen LogP contribution is -2.44. The van der Waals surface area contributed by atoms with Gasteiger partial charge in [0.1, 0.15) is 11.1 Å². The molecule has 1 aliphatic rings. The summed E-state index contributed by atoms with van der Waals surface area (Å²) in [7, 11) is 0. The molecule has 2 rings (SSSR count). The smallest absolute Gasteiger partial charge is 0.323 e. The maximum atomic E-state index is 12.0. The van der Waals surface area contributed by atoms with Gasteiger partial charge in [-0.3, -0.25) is 19.8 Å². The highest BCUT2D eigenvalue weighted by Gasteiger charge is 2.30. The van der Waals surface area contributed by atoms with Crippen molar-refractivity contribution >= 4 is 23.3 Å². The highest BCUT2D eigenvalue weighted by atomic mass is 35.5. The van der Waals surface area contributed by atoms with E-state index in [9.17, 15) is 14.9 Å². The summed E-state index contributed by atoms with van der Waals surface area (Å²) in [5, 5.41) is 11.1. The molecule has 0 spiro atoms. The Kier molecular flexibility index (Phi) is 5.74. The zero-order valence-electron chi connectivity index (χ0n) is 12.5. The molecule has 0 amide bonds. The quantitative estimate of drug-likeness (QED) is 0.472. The number of esters is 1. The first-order valence-electron chi connectivity index (χ1n) is 7.36. The average molecular weight is 327 g/mol.